The number of aromatic nitrogens is 3. The number of nitrogens with zero attached hydrogens (tertiary/aromatic N) is 3. The van der Waals surface area contributed by atoms with E-state index in [4.69, 9.17) is 4.74 Å². The summed E-state index contributed by atoms with van der Waals surface area (Å²) >= 11 is 1.37. The molecule has 0 bridgehead atoms. The fraction of sp³-hybridized carbons (Fsp3) is 0.174. The zero-order valence-electron chi connectivity index (χ0n) is 16.8. The number of aryl methyl sites for hydroxylation is 1. The number of thioether (sulfide) groups is 1. The number of hydrogen-bond donors (Lipinski definition) is 1. The van der Waals surface area contributed by atoms with Crippen LogP contribution in [0.15, 0.2) is 72.1 Å². The molecule has 1 heterocycles. The van der Waals surface area contributed by atoms with Gasteiger partial charge in [-0.15, -0.1) is 10.2 Å². The third-order valence-electron chi connectivity index (χ3n) is 4.76. The summed E-state index contributed by atoms with van der Waals surface area (Å²) in [5.41, 5.74) is 3.21. The maximum absolute atomic E-state index is 12.3. The summed E-state index contributed by atoms with van der Waals surface area (Å²) in [6, 6.07) is 20.2. The highest BCUT2D eigenvalue weighted by atomic mass is 32.2. The highest BCUT2D eigenvalue weighted by Crippen LogP contribution is 2.22. The molecular formula is C23H22N4O2S. The Kier molecular flexibility index (Phi) is 5.99. The summed E-state index contributed by atoms with van der Waals surface area (Å²) in [6.07, 6.45) is 1.66. The number of ether oxygens (including phenoxy) is 1. The van der Waals surface area contributed by atoms with Crippen LogP contribution >= 0.6 is 11.8 Å². The monoisotopic (exact) mass is 418 g/mol. The van der Waals surface area contributed by atoms with Gasteiger partial charge in [-0.3, -0.25) is 9.36 Å². The van der Waals surface area contributed by atoms with Crippen LogP contribution in [-0.2, 0) is 11.3 Å². The molecule has 7 heteroatoms. The Morgan fingerprint density at radius 2 is 1.83 bits per heavy atom. The Labute approximate surface area is 179 Å². The average molecular weight is 419 g/mol. The first kappa shape index (κ1) is 20.0. The molecule has 0 saturated carbocycles. The van der Waals surface area contributed by atoms with Crippen LogP contribution in [0.5, 0.6) is 5.75 Å². The fourth-order valence-electron chi connectivity index (χ4n) is 3.10. The SMILES string of the molecule is COc1ccc2cc(CNC(=O)CSc3nncn3-c3ccc(C)cc3)ccc2c1. The normalized spacial score (nSPS) is 10.9. The molecule has 0 aliphatic rings. The molecule has 0 fully saturated rings. The maximum Gasteiger partial charge on any atom is 0.230 e. The Bertz CT molecular complexity index is 1170. The highest BCUT2D eigenvalue weighted by molar-refractivity contribution is 7.99. The number of rotatable bonds is 7. The predicted molar refractivity (Wildman–Crippen MR) is 119 cm³/mol. The van der Waals surface area contributed by atoms with Crippen LogP contribution < -0.4 is 10.1 Å². The highest BCUT2D eigenvalue weighted by Gasteiger charge is 2.10. The van der Waals surface area contributed by atoms with Crippen molar-refractivity contribution in [3.05, 3.63) is 78.1 Å². The lowest BCUT2D eigenvalue weighted by Gasteiger charge is -2.08. The van der Waals surface area contributed by atoms with Crippen molar-refractivity contribution in [3.8, 4) is 11.4 Å². The minimum Gasteiger partial charge on any atom is -0.497 e. The predicted octanol–water partition coefficient (Wildman–Crippen LogP) is 4.15. The molecule has 1 amide bonds. The summed E-state index contributed by atoms with van der Waals surface area (Å²) in [6.45, 7) is 2.52. The molecule has 3 aromatic carbocycles. The van der Waals surface area contributed by atoms with E-state index in [0.29, 0.717) is 11.7 Å². The number of benzene rings is 3. The molecule has 1 aromatic heterocycles. The van der Waals surface area contributed by atoms with Gasteiger partial charge in [-0.2, -0.15) is 0 Å². The second-order valence-corrected chi connectivity index (χ2v) is 7.87. The number of fused-ring (bicyclic) bond motifs is 1. The summed E-state index contributed by atoms with van der Waals surface area (Å²) < 4.78 is 7.14. The first-order chi connectivity index (χ1) is 14.6. The van der Waals surface area contributed by atoms with Gasteiger partial charge in [0.25, 0.3) is 0 Å². The molecule has 30 heavy (non-hydrogen) atoms. The standard InChI is InChI=1S/C23H22N4O2S/c1-16-3-8-20(9-4-16)27-15-25-26-23(27)30-14-22(28)24-13-17-5-6-19-12-21(29-2)10-7-18(19)11-17/h3-12,15H,13-14H2,1-2H3,(H,24,28). The molecule has 0 atom stereocenters. The van der Waals surface area contributed by atoms with Crippen molar-refractivity contribution in [1.82, 2.24) is 20.1 Å². The number of hydrogen-bond acceptors (Lipinski definition) is 5. The summed E-state index contributed by atoms with van der Waals surface area (Å²) in [5, 5.41) is 14.0. The largest absolute Gasteiger partial charge is 0.497 e. The van der Waals surface area contributed by atoms with E-state index in [2.05, 4.69) is 21.6 Å². The zero-order valence-corrected chi connectivity index (χ0v) is 17.6. The van der Waals surface area contributed by atoms with Gasteiger partial charge >= 0.3 is 0 Å². The number of carbonyl (C=O) groups is 1. The average Bonchev–Trinajstić information content (AvgIpc) is 3.25. The van der Waals surface area contributed by atoms with Gasteiger partial charge < -0.3 is 10.1 Å². The van der Waals surface area contributed by atoms with Gasteiger partial charge in [0.2, 0.25) is 5.91 Å². The van der Waals surface area contributed by atoms with Crippen LogP contribution in [0.2, 0.25) is 0 Å². The summed E-state index contributed by atoms with van der Waals surface area (Å²) in [4.78, 5) is 12.3. The zero-order chi connectivity index (χ0) is 20.9. The van der Waals surface area contributed by atoms with Gasteiger partial charge in [-0.1, -0.05) is 47.7 Å². The molecule has 0 aliphatic heterocycles. The molecule has 0 saturated heterocycles. The number of methoxy groups -OCH3 is 1. The van der Waals surface area contributed by atoms with E-state index in [1.807, 2.05) is 66.1 Å². The van der Waals surface area contributed by atoms with Crippen molar-refractivity contribution in [2.45, 2.75) is 18.6 Å². The number of amides is 1. The topological polar surface area (TPSA) is 69.0 Å². The van der Waals surface area contributed by atoms with Crippen LogP contribution in [0, 0.1) is 6.92 Å². The van der Waals surface area contributed by atoms with Crippen molar-refractivity contribution < 1.29 is 9.53 Å². The second kappa shape index (κ2) is 9.00. The molecule has 4 rings (SSSR count). The molecular weight excluding hydrogens is 396 g/mol. The maximum atomic E-state index is 12.3. The van der Waals surface area contributed by atoms with Crippen molar-refractivity contribution in [2.75, 3.05) is 12.9 Å². The fourth-order valence-corrected chi connectivity index (χ4v) is 3.86. The summed E-state index contributed by atoms with van der Waals surface area (Å²) in [7, 11) is 1.66. The third-order valence-corrected chi connectivity index (χ3v) is 5.71. The van der Waals surface area contributed by atoms with E-state index in [-0.39, 0.29) is 11.7 Å². The molecule has 4 aromatic rings. The van der Waals surface area contributed by atoms with Crippen LogP contribution in [0.3, 0.4) is 0 Å². The van der Waals surface area contributed by atoms with Gasteiger partial charge in [-0.25, -0.2) is 0 Å². The lowest BCUT2D eigenvalue weighted by molar-refractivity contribution is -0.118. The van der Waals surface area contributed by atoms with Gasteiger partial charge in [0.1, 0.15) is 12.1 Å². The first-order valence-electron chi connectivity index (χ1n) is 9.55. The molecule has 0 aliphatic carbocycles. The molecule has 6 nitrogen and oxygen atoms in total. The minimum absolute atomic E-state index is 0.0479. The minimum atomic E-state index is -0.0479. The molecule has 0 spiro atoms. The Balaban J connectivity index is 1.34. The van der Waals surface area contributed by atoms with Crippen LogP contribution in [0.4, 0.5) is 0 Å². The molecule has 152 valence electrons. The Hall–Kier alpha value is -3.32. The van der Waals surface area contributed by atoms with Gasteiger partial charge in [0, 0.05) is 12.2 Å². The second-order valence-electron chi connectivity index (χ2n) is 6.93. The Morgan fingerprint density at radius 1 is 1.07 bits per heavy atom. The van der Waals surface area contributed by atoms with E-state index >= 15 is 0 Å². The van der Waals surface area contributed by atoms with E-state index in [1.54, 1.807) is 13.4 Å². The van der Waals surface area contributed by atoms with Crippen LogP contribution in [0.1, 0.15) is 11.1 Å². The molecule has 0 unspecified atom stereocenters. The van der Waals surface area contributed by atoms with Crippen molar-refractivity contribution >= 4 is 28.4 Å². The Morgan fingerprint density at radius 3 is 2.63 bits per heavy atom. The van der Waals surface area contributed by atoms with E-state index in [9.17, 15) is 4.79 Å². The van der Waals surface area contributed by atoms with E-state index in [1.165, 1.54) is 17.3 Å². The van der Waals surface area contributed by atoms with Crippen LogP contribution in [-0.4, -0.2) is 33.5 Å². The summed E-state index contributed by atoms with van der Waals surface area (Å²) in [5.74, 6) is 1.06. The smallest absolute Gasteiger partial charge is 0.230 e. The lowest BCUT2D eigenvalue weighted by Crippen LogP contribution is -2.24. The van der Waals surface area contributed by atoms with E-state index < -0.39 is 0 Å². The van der Waals surface area contributed by atoms with Crippen LogP contribution in [0.25, 0.3) is 16.5 Å². The lowest BCUT2D eigenvalue weighted by atomic mass is 10.1. The first-order valence-corrected chi connectivity index (χ1v) is 10.5. The van der Waals surface area contributed by atoms with Crippen molar-refractivity contribution in [1.29, 1.82) is 0 Å². The van der Waals surface area contributed by atoms with Gasteiger partial charge in [0.15, 0.2) is 5.16 Å². The molecule has 0 radical (unpaired) electrons. The van der Waals surface area contributed by atoms with Gasteiger partial charge in [-0.05, 0) is 53.6 Å². The van der Waals surface area contributed by atoms with E-state index in [0.717, 1.165) is 27.8 Å². The number of carbonyl (C=O) groups excluding carboxylic acids is 1. The van der Waals surface area contributed by atoms with Crippen molar-refractivity contribution in [3.63, 3.8) is 0 Å². The van der Waals surface area contributed by atoms with Crippen molar-refractivity contribution in [2.24, 2.45) is 0 Å². The number of nitrogens with one attached hydrogen (secondary N) is 1. The third kappa shape index (κ3) is 4.63. The quantitative estimate of drug-likeness (QED) is 0.457. The molecule has 1 N–H and O–H groups in total. The van der Waals surface area contributed by atoms with Gasteiger partial charge in [0.05, 0.1) is 12.9 Å².